The summed E-state index contributed by atoms with van der Waals surface area (Å²) in [5, 5.41) is 6.35. The highest BCUT2D eigenvalue weighted by atomic mass is 32.1. The fraction of sp³-hybridized carbons (Fsp3) is 0.500. The van der Waals surface area contributed by atoms with Gasteiger partial charge >= 0.3 is 0 Å². The number of aromatic nitrogens is 2. The van der Waals surface area contributed by atoms with Gasteiger partial charge in [-0.05, 0) is 37.9 Å². The topological polar surface area (TPSA) is 47.1 Å². The summed E-state index contributed by atoms with van der Waals surface area (Å²) in [4.78, 5) is 3.67. The maximum Gasteiger partial charge on any atom is 0.0593 e. The molecule has 104 valence electrons. The molecule has 5 heteroatoms. The van der Waals surface area contributed by atoms with Crippen LogP contribution in [0, 0.1) is 6.92 Å². The van der Waals surface area contributed by atoms with Gasteiger partial charge in [0.15, 0.2) is 0 Å². The van der Waals surface area contributed by atoms with Gasteiger partial charge < -0.3 is 5.73 Å². The summed E-state index contributed by atoms with van der Waals surface area (Å²) in [5.74, 6) is 0. The average Bonchev–Trinajstić information content (AvgIpc) is 2.89. The lowest BCUT2D eigenvalue weighted by Gasteiger charge is -2.30. The molecular weight excluding hydrogens is 256 g/mol. The van der Waals surface area contributed by atoms with E-state index < -0.39 is 0 Å². The first kappa shape index (κ1) is 14.2. The molecule has 0 aliphatic carbocycles. The molecule has 2 rings (SSSR count). The molecule has 0 aliphatic rings. The van der Waals surface area contributed by atoms with Gasteiger partial charge in [-0.1, -0.05) is 0 Å². The van der Waals surface area contributed by atoms with Crippen molar-refractivity contribution in [2.75, 3.05) is 7.05 Å². The van der Waals surface area contributed by atoms with Gasteiger partial charge in [-0.25, -0.2) is 0 Å². The van der Waals surface area contributed by atoms with Crippen molar-refractivity contribution in [3.8, 4) is 0 Å². The predicted octanol–water partition coefficient (Wildman–Crippen LogP) is 2.31. The van der Waals surface area contributed by atoms with Crippen LogP contribution in [0.2, 0.25) is 0 Å². The van der Waals surface area contributed by atoms with Gasteiger partial charge in [0.2, 0.25) is 0 Å². The monoisotopic (exact) mass is 278 g/mol. The Hall–Kier alpha value is -1.17. The molecule has 0 saturated carbocycles. The van der Waals surface area contributed by atoms with Crippen LogP contribution in [0.5, 0.6) is 0 Å². The Kier molecular flexibility index (Phi) is 4.39. The lowest BCUT2D eigenvalue weighted by Crippen LogP contribution is -2.36. The van der Waals surface area contributed by atoms with Crippen LogP contribution in [-0.2, 0) is 13.6 Å². The molecule has 0 saturated heterocycles. The van der Waals surface area contributed by atoms with E-state index in [4.69, 9.17) is 5.73 Å². The fourth-order valence-electron chi connectivity index (χ4n) is 2.47. The molecule has 19 heavy (non-hydrogen) atoms. The van der Waals surface area contributed by atoms with E-state index in [1.54, 1.807) is 11.3 Å². The minimum atomic E-state index is 0.0963. The van der Waals surface area contributed by atoms with Crippen LogP contribution >= 0.6 is 11.3 Å². The minimum absolute atomic E-state index is 0.0963. The van der Waals surface area contributed by atoms with Crippen molar-refractivity contribution in [1.29, 1.82) is 0 Å². The van der Waals surface area contributed by atoms with E-state index in [2.05, 4.69) is 48.5 Å². The van der Waals surface area contributed by atoms with Gasteiger partial charge in [-0.2, -0.15) is 5.10 Å². The maximum absolute atomic E-state index is 6.20. The Morgan fingerprint density at radius 3 is 2.74 bits per heavy atom. The second-order valence-electron chi connectivity index (χ2n) is 5.21. The average molecular weight is 278 g/mol. The standard InChI is InChI=1S/C14H22N4S/c1-10-5-6-19-14(10)13(11(2)15)17(3)8-12-7-16-18(4)9-12/h5-7,9,11,13H,8,15H2,1-4H3. The number of nitrogens with two attached hydrogens (primary N) is 1. The first-order valence-corrected chi connectivity index (χ1v) is 7.34. The van der Waals surface area contributed by atoms with Crippen LogP contribution in [0.3, 0.4) is 0 Å². The summed E-state index contributed by atoms with van der Waals surface area (Å²) in [6.07, 6.45) is 3.96. The molecule has 2 unspecified atom stereocenters. The van der Waals surface area contributed by atoms with E-state index in [0.29, 0.717) is 0 Å². The van der Waals surface area contributed by atoms with Crippen LogP contribution in [-0.4, -0.2) is 27.8 Å². The number of rotatable bonds is 5. The summed E-state index contributed by atoms with van der Waals surface area (Å²) >= 11 is 1.79. The van der Waals surface area contributed by atoms with Gasteiger partial charge in [-0.15, -0.1) is 11.3 Å². The SMILES string of the molecule is Cc1ccsc1C(C(C)N)N(C)Cc1cnn(C)c1. The van der Waals surface area contributed by atoms with Crippen molar-refractivity contribution in [3.63, 3.8) is 0 Å². The zero-order chi connectivity index (χ0) is 14.0. The molecule has 2 heterocycles. The lowest BCUT2D eigenvalue weighted by atomic mass is 10.0. The van der Waals surface area contributed by atoms with Gasteiger partial charge in [0.05, 0.1) is 12.2 Å². The van der Waals surface area contributed by atoms with Crippen LogP contribution in [0.15, 0.2) is 23.8 Å². The van der Waals surface area contributed by atoms with Crippen molar-refractivity contribution < 1.29 is 0 Å². The quantitative estimate of drug-likeness (QED) is 0.913. The summed E-state index contributed by atoms with van der Waals surface area (Å²) in [6, 6.07) is 2.51. The lowest BCUT2D eigenvalue weighted by molar-refractivity contribution is 0.213. The van der Waals surface area contributed by atoms with Crippen molar-refractivity contribution in [3.05, 3.63) is 39.8 Å². The Labute approximate surface area is 118 Å². The molecule has 0 bridgehead atoms. The summed E-state index contributed by atoms with van der Waals surface area (Å²) in [5.41, 5.74) is 8.74. The molecule has 2 N–H and O–H groups in total. The molecule has 2 atom stereocenters. The Bertz CT molecular complexity index is 529. The summed E-state index contributed by atoms with van der Waals surface area (Å²) in [7, 11) is 4.07. The first-order valence-electron chi connectivity index (χ1n) is 6.46. The molecule has 0 aliphatic heterocycles. The van der Waals surface area contributed by atoms with Crippen LogP contribution in [0.25, 0.3) is 0 Å². The first-order chi connectivity index (χ1) is 8.99. The number of likely N-dealkylation sites (N-methyl/N-ethyl adjacent to an activating group) is 1. The zero-order valence-corrected chi connectivity index (χ0v) is 12.8. The van der Waals surface area contributed by atoms with Gasteiger partial charge in [0.1, 0.15) is 0 Å². The smallest absolute Gasteiger partial charge is 0.0593 e. The second-order valence-corrected chi connectivity index (χ2v) is 6.16. The molecule has 2 aromatic rings. The van der Waals surface area contributed by atoms with Gasteiger partial charge in [-0.3, -0.25) is 9.58 Å². The largest absolute Gasteiger partial charge is 0.326 e. The molecule has 4 nitrogen and oxygen atoms in total. The van der Waals surface area contributed by atoms with E-state index in [1.165, 1.54) is 16.0 Å². The summed E-state index contributed by atoms with van der Waals surface area (Å²) in [6.45, 7) is 5.08. The number of hydrogen-bond donors (Lipinski definition) is 1. The number of aryl methyl sites for hydroxylation is 2. The highest BCUT2D eigenvalue weighted by Gasteiger charge is 2.24. The van der Waals surface area contributed by atoms with E-state index in [0.717, 1.165) is 6.54 Å². The van der Waals surface area contributed by atoms with Crippen LogP contribution < -0.4 is 5.73 Å². The molecule has 2 aromatic heterocycles. The Morgan fingerprint density at radius 2 is 2.26 bits per heavy atom. The molecular formula is C14H22N4S. The highest BCUT2D eigenvalue weighted by molar-refractivity contribution is 7.10. The second kappa shape index (κ2) is 5.86. The molecule has 0 fully saturated rings. The number of thiophene rings is 1. The Morgan fingerprint density at radius 1 is 1.53 bits per heavy atom. The third kappa shape index (κ3) is 3.23. The molecule has 0 radical (unpaired) electrons. The van der Waals surface area contributed by atoms with E-state index in [9.17, 15) is 0 Å². The van der Waals surface area contributed by atoms with Crippen LogP contribution in [0.4, 0.5) is 0 Å². The third-order valence-corrected chi connectivity index (χ3v) is 4.42. The maximum atomic E-state index is 6.20. The Balaban J connectivity index is 2.18. The normalized spacial score (nSPS) is 14.8. The summed E-state index contributed by atoms with van der Waals surface area (Å²) < 4.78 is 1.83. The van der Waals surface area contributed by atoms with Gasteiger partial charge in [0.25, 0.3) is 0 Å². The molecule has 0 aromatic carbocycles. The van der Waals surface area contributed by atoms with Crippen LogP contribution in [0.1, 0.15) is 29.0 Å². The number of nitrogens with zero attached hydrogens (tertiary/aromatic N) is 3. The minimum Gasteiger partial charge on any atom is -0.326 e. The molecule has 0 spiro atoms. The van der Waals surface area contributed by atoms with Gasteiger partial charge in [0, 0.05) is 36.3 Å². The predicted molar refractivity (Wildman–Crippen MR) is 80.1 cm³/mol. The van der Waals surface area contributed by atoms with E-state index in [-0.39, 0.29) is 12.1 Å². The van der Waals surface area contributed by atoms with Crippen molar-refractivity contribution >= 4 is 11.3 Å². The zero-order valence-electron chi connectivity index (χ0n) is 12.0. The van der Waals surface area contributed by atoms with Crippen molar-refractivity contribution in [1.82, 2.24) is 14.7 Å². The third-order valence-electron chi connectivity index (χ3n) is 3.33. The van der Waals surface area contributed by atoms with E-state index in [1.807, 2.05) is 17.9 Å². The highest BCUT2D eigenvalue weighted by Crippen LogP contribution is 2.30. The van der Waals surface area contributed by atoms with Crippen molar-refractivity contribution in [2.24, 2.45) is 12.8 Å². The van der Waals surface area contributed by atoms with E-state index >= 15 is 0 Å². The number of hydrogen-bond acceptors (Lipinski definition) is 4. The van der Waals surface area contributed by atoms with Crippen molar-refractivity contribution in [2.45, 2.75) is 32.5 Å². The fourth-order valence-corrected chi connectivity index (χ4v) is 3.67. The molecule has 0 amide bonds.